The molecule has 1 aliphatic rings. The van der Waals surface area contributed by atoms with Crippen molar-refractivity contribution in [3.8, 4) is 0 Å². The predicted octanol–water partition coefficient (Wildman–Crippen LogP) is 4.61. The molecule has 1 atom stereocenters. The number of halogens is 4. The Labute approximate surface area is 198 Å². The summed E-state index contributed by atoms with van der Waals surface area (Å²) in [4.78, 5) is 23.1. The molecule has 33 heavy (non-hydrogen) atoms. The number of hydrogen-bond acceptors (Lipinski definition) is 5. The Morgan fingerprint density at radius 1 is 1.18 bits per heavy atom. The van der Waals surface area contributed by atoms with Gasteiger partial charge in [-0.2, -0.15) is 0 Å². The number of carbonyl (C=O) groups is 1. The third-order valence-electron chi connectivity index (χ3n) is 5.24. The number of anilines is 2. The molecule has 0 aliphatic carbocycles. The van der Waals surface area contributed by atoms with E-state index in [0.29, 0.717) is 29.9 Å². The fourth-order valence-corrected chi connectivity index (χ4v) is 3.78. The minimum atomic E-state index is -0.797. The van der Waals surface area contributed by atoms with Crippen molar-refractivity contribution in [3.63, 3.8) is 0 Å². The Morgan fingerprint density at radius 2 is 2.00 bits per heavy atom. The number of rotatable bonds is 5. The van der Waals surface area contributed by atoms with Crippen molar-refractivity contribution >= 4 is 40.9 Å². The van der Waals surface area contributed by atoms with Crippen LogP contribution in [0, 0.1) is 11.6 Å². The standard InChI is InChI=1S/C22H19Cl2F2N5O2/c23-15-3-1-12(7-17(15)26)20(11-32)30-22(33)31-6-5-13-9-27-21(29-19(13)10-31)28-18-4-2-14(25)8-16(18)24/h1-4,7-9,20,32H,5-6,10-11H2,(H,30,33)(H,27,28,29). The summed E-state index contributed by atoms with van der Waals surface area (Å²) in [5.41, 5.74) is 2.39. The molecule has 2 amide bonds. The number of benzene rings is 2. The van der Waals surface area contributed by atoms with E-state index in [1.165, 1.54) is 30.3 Å². The average Bonchev–Trinajstić information content (AvgIpc) is 2.80. The summed E-state index contributed by atoms with van der Waals surface area (Å²) in [7, 11) is 0. The van der Waals surface area contributed by atoms with Gasteiger partial charge >= 0.3 is 6.03 Å². The van der Waals surface area contributed by atoms with Crippen molar-refractivity contribution in [1.82, 2.24) is 20.2 Å². The summed E-state index contributed by atoms with van der Waals surface area (Å²) in [6.45, 7) is 0.223. The largest absolute Gasteiger partial charge is 0.394 e. The monoisotopic (exact) mass is 493 g/mol. The van der Waals surface area contributed by atoms with Crippen LogP contribution in [-0.4, -0.2) is 39.2 Å². The second-order valence-electron chi connectivity index (χ2n) is 7.44. The van der Waals surface area contributed by atoms with Gasteiger partial charge < -0.3 is 20.6 Å². The van der Waals surface area contributed by atoms with E-state index in [-0.39, 0.29) is 22.5 Å². The molecule has 0 bridgehead atoms. The fraction of sp³-hybridized carbons (Fsp3) is 0.227. The molecular weight excluding hydrogens is 475 g/mol. The number of aliphatic hydroxyl groups is 1. The van der Waals surface area contributed by atoms with E-state index in [4.69, 9.17) is 23.2 Å². The topological polar surface area (TPSA) is 90.4 Å². The molecule has 7 nitrogen and oxygen atoms in total. The smallest absolute Gasteiger partial charge is 0.318 e. The lowest BCUT2D eigenvalue weighted by Crippen LogP contribution is -2.45. The molecule has 1 aromatic heterocycles. The third kappa shape index (κ3) is 5.32. The van der Waals surface area contributed by atoms with Gasteiger partial charge in [-0.05, 0) is 47.9 Å². The Hall–Kier alpha value is -3.01. The number of urea groups is 1. The molecule has 1 unspecified atom stereocenters. The van der Waals surface area contributed by atoms with Crippen molar-refractivity contribution in [2.75, 3.05) is 18.5 Å². The van der Waals surface area contributed by atoms with Gasteiger partial charge in [0.15, 0.2) is 0 Å². The van der Waals surface area contributed by atoms with Gasteiger partial charge in [-0.3, -0.25) is 0 Å². The molecule has 11 heteroatoms. The number of fused-ring (bicyclic) bond motifs is 1. The summed E-state index contributed by atoms with van der Waals surface area (Å²) in [5.74, 6) is -0.831. The number of nitrogens with zero attached hydrogens (tertiary/aromatic N) is 3. The van der Waals surface area contributed by atoms with Crippen molar-refractivity contribution in [3.05, 3.63) is 81.1 Å². The van der Waals surface area contributed by atoms with E-state index in [9.17, 15) is 18.7 Å². The van der Waals surface area contributed by atoms with E-state index < -0.39 is 30.3 Å². The Balaban J connectivity index is 1.46. The van der Waals surface area contributed by atoms with E-state index >= 15 is 0 Å². The first-order valence-electron chi connectivity index (χ1n) is 10.0. The zero-order valence-corrected chi connectivity index (χ0v) is 18.7. The molecular formula is C22H19Cl2F2N5O2. The summed E-state index contributed by atoms with van der Waals surface area (Å²) in [5, 5.41) is 15.5. The maximum absolute atomic E-state index is 13.8. The maximum Gasteiger partial charge on any atom is 0.318 e. The Kier molecular flexibility index (Phi) is 6.92. The van der Waals surface area contributed by atoms with Crippen LogP contribution < -0.4 is 10.6 Å². The normalized spacial score (nSPS) is 13.9. The molecule has 0 saturated heterocycles. The lowest BCUT2D eigenvalue weighted by Gasteiger charge is -2.30. The molecule has 4 rings (SSSR count). The highest BCUT2D eigenvalue weighted by atomic mass is 35.5. The first-order valence-corrected chi connectivity index (χ1v) is 10.8. The highest BCUT2D eigenvalue weighted by Crippen LogP contribution is 2.26. The summed E-state index contributed by atoms with van der Waals surface area (Å²) in [6, 6.07) is 6.80. The van der Waals surface area contributed by atoms with E-state index in [1.807, 2.05) is 0 Å². The molecule has 2 heterocycles. The van der Waals surface area contributed by atoms with Gasteiger partial charge in [0.2, 0.25) is 5.95 Å². The minimum Gasteiger partial charge on any atom is -0.394 e. The van der Waals surface area contributed by atoms with Crippen molar-refractivity contribution in [2.24, 2.45) is 0 Å². The molecule has 0 fully saturated rings. The Bertz CT molecular complexity index is 1200. The van der Waals surface area contributed by atoms with Gasteiger partial charge in [0, 0.05) is 12.7 Å². The molecule has 0 saturated carbocycles. The summed E-state index contributed by atoms with van der Waals surface area (Å²) >= 11 is 11.8. The van der Waals surface area contributed by atoms with Gasteiger partial charge in [-0.15, -0.1) is 0 Å². The SMILES string of the molecule is O=C(NC(CO)c1ccc(Cl)c(F)c1)N1CCc2cnc(Nc3ccc(F)cc3Cl)nc2C1. The van der Waals surface area contributed by atoms with Gasteiger partial charge in [-0.25, -0.2) is 23.5 Å². The highest BCUT2D eigenvalue weighted by Gasteiger charge is 2.25. The zero-order chi connectivity index (χ0) is 23.5. The molecule has 172 valence electrons. The number of aliphatic hydroxyl groups excluding tert-OH is 1. The van der Waals surface area contributed by atoms with Crippen molar-refractivity contribution in [1.29, 1.82) is 0 Å². The number of hydrogen-bond donors (Lipinski definition) is 3. The van der Waals surface area contributed by atoms with Crippen molar-refractivity contribution in [2.45, 2.75) is 19.0 Å². The summed E-state index contributed by atoms with van der Waals surface area (Å²) in [6.07, 6.45) is 2.21. The molecule has 0 radical (unpaired) electrons. The van der Waals surface area contributed by atoms with Crippen LogP contribution in [0.25, 0.3) is 0 Å². The third-order valence-corrected chi connectivity index (χ3v) is 5.86. The molecule has 3 N–H and O–H groups in total. The van der Waals surface area contributed by atoms with Crippen LogP contribution >= 0.6 is 23.2 Å². The van der Waals surface area contributed by atoms with Gasteiger partial charge in [0.1, 0.15) is 11.6 Å². The van der Waals surface area contributed by atoms with Crippen LogP contribution in [0.5, 0.6) is 0 Å². The van der Waals surface area contributed by atoms with Gasteiger partial charge in [0.25, 0.3) is 0 Å². The van der Waals surface area contributed by atoms with Gasteiger partial charge in [0.05, 0.1) is 40.6 Å². The van der Waals surface area contributed by atoms with Crippen LogP contribution in [0.15, 0.2) is 42.6 Å². The van der Waals surface area contributed by atoms with E-state index in [1.54, 1.807) is 17.2 Å². The average molecular weight is 494 g/mol. The quantitative estimate of drug-likeness (QED) is 0.482. The number of carbonyl (C=O) groups excluding carboxylic acids is 1. The molecule has 3 aromatic rings. The number of amides is 2. The second kappa shape index (κ2) is 9.86. The minimum absolute atomic E-state index is 0.0413. The number of aromatic nitrogens is 2. The molecule has 1 aliphatic heterocycles. The Morgan fingerprint density at radius 3 is 2.73 bits per heavy atom. The first-order chi connectivity index (χ1) is 15.8. The van der Waals surface area contributed by atoms with Crippen LogP contribution in [-0.2, 0) is 13.0 Å². The van der Waals surface area contributed by atoms with E-state index in [0.717, 1.165) is 5.56 Å². The maximum atomic E-state index is 13.8. The fourth-order valence-electron chi connectivity index (χ4n) is 3.45. The lowest BCUT2D eigenvalue weighted by molar-refractivity contribution is 0.176. The molecule has 2 aromatic carbocycles. The van der Waals surface area contributed by atoms with Crippen LogP contribution in [0.3, 0.4) is 0 Å². The predicted molar refractivity (Wildman–Crippen MR) is 121 cm³/mol. The molecule has 0 spiro atoms. The van der Waals surface area contributed by atoms with Crippen LogP contribution in [0.1, 0.15) is 22.9 Å². The van der Waals surface area contributed by atoms with Crippen LogP contribution in [0.4, 0.5) is 25.2 Å². The summed E-state index contributed by atoms with van der Waals surface area (Å²) < 4.78 is 27.1. The first kappa shape index (κ1) is 23.2. The van der Waals surface area contributed by atoms with Crippen molar-refractivity contribution < 1.29 is 18.7 Å². The van der Waals surface area contributed by atoms with Crippen LogP contribution in [0.2, 0.25) is 10.0 Å². The lowest BCUT2D eigenvalue weighted by atomic mass is 10.1. The van der Waals surface area contributed by atoms with Gasteiger partial charge in [-0.1, -0.05) is 29.3 Å². The highest BCUT2D eigenvalue weighted by molar-refractivity contribution is 6.33. The number of nitrogens with one attached hydrogen (secondary N) is 2. The van der Waals surface area contributed by atoms with E-state index in [2.05, 4.69) is 20.6 Å². The second-order valence-corrected chi connectivity index (χ2v) is 8.26. The zero-order valence-electron chi connectivity index (χ0n) is 17.2.